The van der Waals surface area contributed by atoms with Crippen molar-refractivity contribution in [3.8, 4) is 5.75 Å². The molecule has 0 N–H and O–H groups in total. The third-order valence-electron chi connectivity index (χ3n) is 6.27. The fourth-order valence-corrected chi connectivity index (χ4v) is 4.93. The summed E-state index contributed by atoms with van der Waals surface area (Å²) in [5, 5.41) is 1.05. The van der Waals surface area contributed by atoms with Crippen LogP contribution in [0.5, 0.6) is 5.75 Å². The molecular formula is C29H24ClNO4. The van der Waals surface area contributed by atoms with Crippen LogP contribution in [-0.4, -0.2) is 17.4 Å². The lowest BCUT2D eigenvalue weighted by atomic mass is 9.96. The van der Waals surface area contributed by atoms with E-state index in [1.54, 1.807) is 23.1 Å². The average molecular weight is 486 g/mol. The Balaban J connectivity index is 1.70. The van der Waals surface area contributed by atoms with Crippen molar-refractivity contribution in [3.63, 3.8) is 0 Å². The van der Waals surface area contributed by atoms with Gasteiger partial charge in [0.05, 0.1) is 17.0 Å². The van der Waals surface area contributed by atoms with E-state index in [0.29, 0.717) is 33.9 Å². The molecule has 0 fully saturated rings. The molecular weight excluding hydrogens is 462 g/mol. The number of carbonyl (C=O) groups is 1. The lowest BCUT2D eigenvalue weighted by molar-refractivity contribution is 0.0714. The number of hydrogen-bond donors (Lipinski definition) is 0. The van der Waals surface area contributed by atoms with Crippen LogP contribution in [0, 0.1) is 13.8 Å². The molecule has 0 spiro atoms. The molecule has 1 aromatic heterocycles. The van der Waals surface area contributed by atoms with Crippen molar-refractivity contribution in [3.05, 3.63) is 122 Å². The Morgan fingerprint density at radius 3 is 2.54 bits per heavy atom. The largest absolute Gasteiger partial charge is 0.490 e. The number of fused-ring (bicyclic) bond motifs is 2. The Morgan fingerprint density at radius 2 is 1.83 bits per heavy atom. The van der Waals surface area contributed by atoms with Gasteiger partial charge in [-0.1, -0.05) is 60.7 Å². The average Bonchev–Trinajstić information content (AvgIpc) is 3.11. The summed E-state index contributed by atoms with van der Waals surface area (Å²) in [6.45, 7) is 8.11. The van der Waals surface area contributed by atoms with Crippen molar-refractivity contribution in [1.82, 2.24) is 4.90 Å². The van der Waals surface area contributed by atoms with Gasteiger partial charge < -0.3 is 14.1 Å². The second kappa shape index (κ2) is 9.08. The lowest BCUT2D eigenvalue weighted by Gasteiger charge is -2.25. The molecule has 0 radical (unpaired) electrons. The zero-order valence-corrected chi connectivity index (χ0v) is 20.3. The molecule has 0 saturated heterocycles. The molecule has 5 nitrogen and oxygen atoms in total. The van der Waals surface area contributed by atoms with Crippen molar-refractivity contribution in [1.29, 1.82) is 0 Å². The topological polar surface area (TPSA) is 59.8 Å². The van der Waals surface area contributed by atoms with Crippen molar-refractivity contribution < 1.29 is 13.9 Å². The standard InChI is InChI=1S/C29H24ClNO4/c1-4-13-34-21-11-9-19(10-12-21)26-25-27(32)24-18(3)14-17(2)15-23(24)35-28(25)29(33)31(26)16-20-7-5-6-8-22(20)30/h4-12,14-15,26H,1,13,16H2,2-3H3. The number of hydrogen-bond acceptors (Lipinski definition) is 4. The SMILES string of the molecule is C=CCOc1ccc(C2c3c(oc4cc(C)cc(C)c4c3=O)C(=O)N2Cc2ccccc2Cl)cc1. The number of aryl methyl sites for hydroxylation is 2. The van der Waals surface area contributed by atoms with Crippen LogP contribution in [0.3, 0.4) is 0 Å². The minimum absolute atomic E-state index is 0.0801. The highest BCUT2D eigenvalue weighted by Gasteiger charge is 2.43. The number of nitrogens with zero attached hydrogens (tertiary/aromatic N) is 1. The predicted molar refractivity (Wildman–Crippen MR) is 137 cm³/mol. The maximum absolute atomic E-state index is 13.9. The molecule has 1 amide bonds. The zero-order chi connectivity index (χ0) is 24.7. The maximum Gasteiger partial charge on any atom is 0.291 e. The quantitative estimate of drug-likeness (QED) is 0.297. The van der Waals surface area contributed by atoms with Crippen LogP contribution in [0.1, 0.15) is 44.4 Å². The van der Waals surface area contributed by atoms with Gasteiger partial charge in [0.2, 0.25) is 5.76 Å². The van der Waals surface area contributed by atoms with Gasteiger partial charge in [-0.05, 0) is 60.4 Å². The summed E-state index contributed by atoms with van der Waals surface area (Å²) in [6.07, 6.45) is 1.67. The van der Waals surface area contributed by atoms with Crippen LogP contribution < -0.4 is 10.2 Å². The van der Waals surface area contributed by atoms with Gasteiger partial charge >= 0.3 is 0 Å². The third kappa shape index (κ3) is 4.02. The lowest BCUT2D eigenvalue weighted by Crippen LogP contribution is -2.29. The number of carbonyl (C=O) groups excluding carboxylic acids is 1. The summed E-state index contributed by atoms with van der Waals surface area (Å²) in [5.41, 5.74) is 3.93. The molecule has 0 bridgehead atoms. The first-order chi connectivity index (χ1) is 16.9. The molecule has 1 aliphatic rings. The monoisotopic (exact) mass is 485 g/mol. The predicted octanol–water partition coefficient (Wildman–Crippen LogP) is 6.37. The van der Waals surface area contributed by atoms with Gasteiger partial charge in [-0.3, -0.25) is 9.59 Å². The number of benzene rings is 3. The summed E-state index contributed by atoms with van der Waals surface area (Å²) in [7, 11) is 0. The highest BCUT2D eigenvalue weighted by molar-refractivity contribution is 6.31. The van der Waals surface area contributed by atoms with Gasteiger partial charge in [0.1, 0.15) is 17.9 Å². The van der Waals surface area contributed by atoms with E-state index >= 15 is 0 Å². The maximum atomic E-state index is 13.9. The molecule has 176 valence electrons. The summed E-state index contributed by atoms with van der Waals surface area (Å²) in [6, 6.07) is 17.9. The van der Waals surface area contributed by atoms with Gasteiger partial charge in [-0.25, -0.2) is 0 Å². The highest BCUT2D eigenvalue weighted by atomic mass is 35.5. The Morgan fingerprint density at radius 1 is 1.09 bits per heavy atom. The highest BCUT2D eigenvalue weighted by Crippen LogP contribution is 2.40. The van der Waals surface area contributed by atoms with Gasteiger partial charge in [-0.2, -0.15) is 0 Å². The van der Waals surface area contributed by atoms with Crippen LogP contribution in [0.15, 0.2) is 82.5 Å². The van der Waals surface area contributed by atoms with E-state index in [1.165, 1.54) is 0 Å². The Labute approximate surface area is 208 Å². The van der Waals surface area contributed by atoms with Crippen molar-refractivity contribution >= 4 is 28.5 Å². The fourth-order valence-electron chi connectivity index (χ4n) is 4.73. The summed E-state index contributed by atoms with van der Waals surface area (Å²) >= 11 is 6.43. The smallest absolute Gasteiger partial charge is 0.291 e. The molecule has 1 atom stereocenters. The van der Waals surface area contributed by atoms with Crippen LogP contribution in [-0.2, 0) is 6.54 Å². The Bertz CT molecular complexity index is 1520. The van der Waals surface area contributed by atoms with Crippen LogP contribution in [0.25, 0.3) is 11.0 Å². The number of halogens is 1. The van der Waals surface area contributed by atoms with E-state index < -0.39 is 6.04 Å². The third-order valence-corrected chi connectivity index (χ3v) is 6.64. The van der Waals surface area contributed by atoms with E-state index in [9.17, 15) is 9.59 Å². The first kappa shape index (κ1) is 22.9. The number of rotatable bonds is 6. The minimum Gasteiger partial charge on any atom is -0.490 e. The van der Waals surface area contributed by atoms with E-state index in [1.807, 2.05) is 62.4 Å². The molecule has 4 aromatic rings. The van der Waals surface area contributed by atoms with E-state index in [4.69, 9.17) is 20.8 Å². The molecule has 2 heterocycles. The summed E-state index contributed by atoms with van der Waals surface area (Å²) < 4.78 is 11.7. The molecule has 3 aromatic carbocycles. The van der Waals surface area contributed by atoms with E-state index in [-0.39, 0.29) is 23.6 Å². The van der Waals surface area contributed by atoms with Gasteiger partial charge in [0, 0.05) is 11.6 Å². The van der Waals surface area contributed by atoms with Crippen molar-refractivity contribution in [2.24, 2.45) is 0 Å². The summed E-state index contributed by atoms with van der Waals surface area (Å²) in [4.78, 5) is 29.2. The Kier molecular flexibility index (Phi) is 5.95. The number of ether oxygens (including phenoxy) is 1. The molecule has 1 unspecified atom stereocenters. The normalized spacial score (nSPS) is 14.9. The minimum atomic E-state index is -0.622. The summed E-state index contributed by atoms with van der Waals surface area (Å²) in [5.74, 6) is 0.416. The molecule has 0 saturated carbocycles. The molecule has 35 heavy (non-hydrogen) atoms. The molecule has 1 aliphatic heterocycles. The second-order valence-corrected chi connectivity index (χ2v) is 9.13. The zero-order valence-electron chi connectivity index (χ0n) is 19.5. The van der Waals surface area contributed by atoms with Crippen LogP contribution in [0.2, 0.25) is 5.02 Å². The van der Waals surface area contributed by atoms with Gasteiger partial charge in [0.25, 0.3) is 5.91 Å². The fraction of sp³-hybridized carbons (Fsp3) is 0.172. The Hall–Kier alpha value is -3.83. The van der Waals surface area contributed by atoms with Gasteiger partial charge in [-0.15, -0.1) is 0 Å². The molecule has 0 aliphatic carbocycles. The van der Waals surface area contributed by atoms with Crippen LogP contribution in [0.4, 0.5) is 0 Å². The number of amides is 1. The van der Waals surface area contributed by atoms with Gasteiger partial charge in [0.15, 0.2) is 5.43 Å². The molecule has 6 heteroatoms. The first-order valence-electron chi connectivity index (χ1n) is 11.3. The first-order valence-corrected chi connectivity index (χ1v) is 11.7. The van der Waals surface area contributed by atoms with Crippen LogP contribution >= 0.6 is 11.6 Å². The molecule has 5 rings (SSSR count). The van der Waals surface area contributed by atoms with Crippen molar-refractivity contribution in [2.75, 3.05) is 6.61 Å². The van der Waals surface area contributed by atoms with Crippen molar-refractivity contribution in [2.45, 2.75) is 26.4 Å². The second-order valence-electron chi connectivity index (χ2n) is 8.72. The van der Waals surface area contributed by atoms with E-state index in [0.717, 1.165) is 22.3 Å². The van der Waals surface area contributed by atoms with E-state index in [2.05, 4.69) is 6.58 Å².